The molecule has 1 aromatic rings. The van der Waals surface area contributed by atoms with Gasteiger partial charge in [0.1, 0.15) is 12.1 Å². The van der Waals surface area contributed by atoms with Gasteiger partial charge in [0, 0.05) is 50.6 Å². The van der Waals surface area contributed by atoms with E-state index in [9.17, 15) is 24.0 Å². The Labute approximate surface area is 204 Å². The highest BCUT2D eigenvalue weighted by Gasteiger charge is 2.53. The third kappa shape index (κ3) is 4.37. The van der Waals surface area contributed by atoms with Crippen molar-refractivity contribution in [1.82, 2.24) is 25.3 Å². The lowest BCUT2D eigenvalue weighted by atomic mass is 9.94. The van der Waals surface area contributed by atoms with Gasteiger partial charge in [-0.25, -0.2) is 0 Å². The number of carbonyl (C=O) groups is 5. The number of piperidine rings is 1. The van der Waals surface area contributed by atoms with Gasteiger partial charge in [-0.3, -0.25) is 24.0 Å². The molecule has 4 fully saturated rings. The molecule has 10 heteroatoms. The molecule has 10 nitrogen and oxygen atoms in total. The Morgan fingerprint density at radius 3 is 2.40 bits per heavy atom. The lowest BCUT2D eigenvalue weighted by molar-refractivity contribution is -0.148. The Morgan fingerprint density at radius 2 is 1.71 bits per heavy atom. The number of hydrogen-bond acceptors (Lipinski definition) is 5. The van der Waals surface area contributed by atoms with Crippen LogP contribution in [0.15, 0.2) is 30.3 Å². The Kier molecular flexibility index (Phi) is 6.21. The quantitative estimate of drug-likeness (QED) is 0.617. The van der Waals surface area contributed by atoms with Gasteiger partial charge in [-0.2, -0.15) is 0 Å². The number of nitrogens with one attached hydrogen (secondary N) is 2. The number of nitrogens with zero attached hydrogens (tertiary/aromatic N) is 3. The van der Waals surface area contributed by atoms with Gasteiger partial charge in [0.25, 0.3) is 5.91 Å². The van der Waals surface area contributed by atoms with Crippen molar-refractivity contribution >= 4 is 29.5 Å². The van der Waals surface area contributed by atoms with Crippen LogP contribution in [0.2, 0.25) is 0 Å². The predicted molar refractivity (Wildman–Crippen MR) is 125 cm³/mol. The predicted octanol–water partition coefficient (Wildman–Crippen LogP) is -0.256. The van der Waals surface area contributed by atoms with Crippen LogP contribution < -0.4 is 10.6 Å². The number of amides is 5. The molecule has 4 heterocycles. The van der Waals surface area contributed by atoms with E-state index in [0.29, 0.717) is 50.9 Å². The minimum absolute atomic E-state index is 0.00720. The van der Waals surface area contributed by atoms with E-state index in [0.717, 1.165) is 0 Å². The molecule has 4 aliphatic rings. The van der Waals surface area contributed by atoms with Crippen LogP contribution >= 0.6 is 0 Å². The molecule has 0 spiro atoms. The molecule has 0 radical (unpaired) electrons. The number of benzene rings is 1. The van der Waals surface area contributed by atoms with E-state index < -0.39 is 18.1 Å². The van der Waals surface area contributed by atoms with Crippen molar-refractivity contribution in [3.05, 3.63) is 35.9 Å². The summed E-state index contributed by atoms with van der Waals surface area (Å²) in [6.45, 7) is 3.25. The van der Waals surface area contributed by atoms with Crippen molar-refractivity contribution in [2.75, 3.05) is 26.2 Å². The molecule has 4 aliphatic heterocycles. The van der Waals surface area contributed by atoms with Crippen LogP contribution in [0.25, 0.3) is 0 Å². The highest BCUT2D eigenvalue weighted by Crippen LogP contribution is 2.31. The van der Waals surface area contributed by atoms with E-state index in [1.807, 2.05) is 6.07 Å². The maximum Gasteiger partial charge on any atom is 0.251 e. The van der Waals surface area contributed by atoms with Crippen molar-refractivity contribution in [1.29, 1.82) is 0 Å². The van der Waals surface area contributed by atoms with Crippen LogP contribution in [0.5, 0.6) is 0 Å². The molecule has 5 rings (SSSR count). The molecule has 5 amide bonds. The van der Waals surface area contributed by atoms with Crippen LogP contribution in [0.1, 0.15) is 43.0 Å². The largest absolute Gasteiger partial charge is 0.349 e. The second kappa shape index (κ2) is 9.31. The fourth-order valence-corrected chi connectivity index (χ4v) is 5.91. The second-order valence-corrected chi connectivity index (χ2v) is 9.94. The number of likely N-dealkylation sites (tertiary alicyclic amines) is 2. The minimum atomic E-state index is -0.731. The summed E-state index contributed by atoms with van der Waals surface area (Å²) in [6.07, 6.45) is 2.03. The van der Waals surface area contributed by atoms with Gasteiger partial charge in [0.15, 0.2) is 0 Å². The van der Waals surface area contributed by atoms with Crippen LogP contribution in [0.3, 0.4) is 0 Å². The van der Waals surface area contributed by atoms with Crippen LogP contribution in [0, 0.1) is 5.92 Å². The zero-order chi connectivity index (χ0) is 24.7. The van der Waals surface area contributed by atoms with Crippen molar-refractivity contribution in [3.63, 3.8) is 0 Å². The monoisotopic (exact) mass is 481 g/mol. The minimum Gasteiger partial charge on any atom is -0.349 e. The summed E-state index contributed by atoms with van der Waals surface area (Å²) < 4.78 is 0. The maximum atomic E-state index is 13.7. The molecule has 4 unspecified atom stereocenters. The molecule has 4 atom stereocenters. The van der Waals surface area contributed by atoms with Crippen LogP contribution in [-0.4, -0.2) is 94.6 Å². The van der Waals surface area contributed by atoms with E-state index in [1.54, 1.807) is 39.0 Å². The van der Waals surface area contributed by atoms with Crippen LogP contribution in [0.4, 0.5) is 0 Å². The van der Waals surface area contributed by atoms with E-state index in [4.69, 9.17) is 0 Å². The first-order chi connectivity index (χ1) is 16.8. The van der Waals surface area contributed by atoms with Gasteiger partial charge < -0.3 is 25.3 Å². The average Bonchev–Trinajstić information content (AvgIpc) is 3.46. The third-order valence-electron chi connectivity index (χ3n) is 7.81. The van der Waals surface area contributed by atoms with E-state index in [1.165, 1.54) is 6.92 Å². The van der Waals surface area contributed by atoms with E-state index in [-0.39, 0.29) is 48.0 Å². The smallest absolute Gasteiger partial charge is 0.251 e. The lowest BCUT2D eigenvalue weighted by Gasteiger charge is -2.35. The average molecular weight is 482 g/mol. The standard InChI is InChI=1S/C25H31N5O5/c1-15(31)28-10-7-17(8-11-28)24(34)29-12-9-19-21(29)25(35)30-14-18(13-20(30)23(33)27-19)26-22(32)16-5-3-2-4-6-16/h2-6,17-21H,7-14H2,1H3,(H,26,32)(H,27,33). The number of rotatable bonds is 3. The van der Waals surface area contributed by atoms with Gasteiger partial charge >= 0.3 is 0 Å². The lowest BCUT2D eigenvalue weighted by Crippen LogP contribution is -2.54. The third-order valence-corrected chi connectivity index (χ3v) is 7.81. The molecule has 2 N–H and O–H groups in total. The first-order valence-corrected chi connectivity index (χ1v) is 12.4. The summed E-state index contributed by atoms with van der Waals surface area (Å²) in [5, 5.41) is 5.94. The fraction of sp³-hybridized carbons (Fsp3) is 0.560. The SMILES string of the molecule is CC(=O)N1CCC(C(=O)N2CCC3NC(=O)C4CC(NC(=O)c5ccccc5)CN4C(=O)C32)CC1. The number of carbonyl (C=O) groups excluding carboxylic acids is 5. The van der Waals surface area contributed by atoms with E-state index >= 15 is 0 Å². The van der Waals surface area contributed by atoms with Crippen molar-refractivity contribution in [2.24, 2.45) is 5.92 Å². The summed E-state index contributed by atoms with van der Waals surface area (Å²) >= 11 is 0. The van der Waals surface area contributed by atoms with Crippen molar-refractivity contribution in [3.8, 4) is 0 Å². The summed E-state index contributed by atoms with van der Waals surface area (Å²) in [6, 6.07) is 6.68. The first-order valence-electron chi connectivity index (χ1n) is 12.4. The number of fused-ring (bicyclic) bond motifs is 2. The Bertz CT molecular complexity index is 1040. The zero-order valence-electron chi connectivity index (χ0n) is 19.8. The van der Waals surface area contributed by atoms with Crippen LogP contribution in [-0.2, 0) is 19.2 Å². The summed E-state index contributed by atoms with van der Waals surface area (Å²) in [5.74, 6) is -1.01. The molecule has 1 aromatic carbocycles. The molecule has 0 aromatic heterocycles. The maximum absolute atomic E-state index is 13.7. The highest BCUT2D eigenvalue weighted by atomic mass is 16.2. The highest BCUT2D eigenvalue weighted by molar-refractivity contribution is 5.98. The van der Waals surface area contributed by atoms with Crippen molar-refractivity contribution in [2.45, 2.75) is 56.8 Å². The second-order valence-electron chi connectivity index (χ2n) is 9.94. The molecular weight excluding hydrogens is 450 g/mol. The molecule has 4 saturated heterocycles. The summed E-state index contributed by atoms with van der Waals surface area (Å²) in [7, 11) is 0. The Balaban J connectivity index is 1.28. The molecular formula is C25H31N5O5. The van der Waals surface area contributed by atoms with Gasteiger partial charge in [0.05, 0.1) is 6.04 Å². The molecule has 0 saturated carbocycles. The van der Waals surface area contributed by atoms with Crippen molar-refractivity contribution < 1.29 is 24.0 Å². The number of hydrogen-bond donors (Lipinski definition) is 2. The fourth-order valence-electron chi connectivity index (χ4n) is 5.91. The van der Waals surface area contributed by atoms with Gasteiger partial charge in [-0.15, -0.1) is 0 Å². The molecule has 0 bridgehead atoms. The normalized spacial score (nSPS) is 28.8. The van der Waals surface area contributed by atoms with Gasteiger partial charge in [0.2, 0.25) is 23.6 Å². The van der Waals surface area contributed by atoms with Gasteiger partial charge in [-0.05, 0) is 37.8 Å². The summed E-state index contributed by atoms with van der Waals surface area (Å²) in [4.78, 5) is 69.2. The van der Waals surface area contributed by atoms with Gasteiger partial charge in [-0.1, -0.05) is 18.2 Å². The topological polar surface area (TPSA) is 119 Å². The molecule has 0 aliphatic carbocycles. The Hall–Kier alpha value is -3.43. The first kappa shape index (κ1) is 23.3. The molecule has 35 heavy (non-hydrogen) atoms. The zero-order valence-corrected chi connectivity index (χ0v) is 19.8. The summed E-state index contributed by atoms with van der Waals surface area (Å²) in [5.41, 5.74) is 0.522. The Morgan fingerprint density at radius 1 is 1.00 bits per heavy atom. The molecule has 186 valence electrons. The van der Waals surface area contributed by atoms with E-state index in [2.05, 4.69) is 10.6 Å².